The Morgan fingerprint density at radius 1 is 1.40 bits per heavy atom. The van der Waals surface area contributed by atoms with E-state index in [0.717, 1.165) is 18.8 Å². The molecule has 0 bridgehead atoms. The van der Waals surface area contributed by atoms with E-state index in [2.05, 4.69) is 10.4 Å². The topological polar surface area (TPSA) is 33.7 Å². The van der Waals surface area contributed by atoms with Crippen molar-refractivity contribution < 1.29 is 9.47 Å². The van der Waals surface area contributed by atoms with Gasteiger partial charge in [0.2, 0.25) is 0 Å². The number of hydrogen-bond acceptors (Lipinski definition) is 4. The molecule has 0 aliphatic carbocycles. The summed E-state index contributed by atoms with van der Waals surface area (Å²) in [5.41, 5.74) is 4.41. The van der Waals surface area contributed by atoms with E-state index in [1.807, 2.05) is 30.3 Å². The van der Waals surface area contributed by atoms with Crippen molar-refractivity contribution >= 4 is 5.69 Å². The minimum Gasteiger partial charge on any atom is -0.354 e. The van der Waals surface area contributed by atoms with Gasteiger partial charge in [-0.05, 0) is 12.1 Å². The molecule has 4 heteroatoms. The number of hydrogen-bond donors (Lipinski definition) is 1. The van der Waals surface area contributed by atoms with Crippen LogP contribution < -0.4 is 5.43 Å². The summed E-state index contributed by atoms with van der Waals surface area (Å²) in [6, 6.07) is 10.1. The van der Waals surface area contributed by atoms with Crippen LogP contribution in [-0.2, 0) is 9.47 Å². The summed E-state index contributed by atoms with van der Waals surface area (Å²) in [5.74, 6) is 0. The Bertz CT molecular complexity index is 292. The van der Waals surface area contributed by atoms with Crippen LogP contribution in [0.1, 0.15) is 0 Å². The van der Waals surface area contributed by atoms with E-state index in [-0.39, 0.29) is 6.29 Å². The van der Waals surface area contributed by atoms with Gasteiger partial charge < -0.3 is 14.9 Å². The summed E-state index contributed by atoms with van der Waals surface area (Å²) >= 11 is 0. The number of para-hydroxylation sites is 1. The number of rotatable bonds is 3. The minimum atomic E-state index is -0.130. The van der Waals surface area contributed by atoms with Crippen molar-refractivity contribution in [2.45, 2.75) is 6.29 Å². The number of nitrogens with one attached hydrogen (secondary N) is 1. The molecule has 1 aliphatic rings. The fraction of sp³-hybridized carbons (Fsp3) is 0.455. The van der Waals surface area contributed by atoms with Crippen LogP contribution in [0.2, 0.25) is 0 Å². The molecule has 0 spiro atoms. The molecule has 1 aromatic rings. The summed E-state index contributed by atoms with van der Waals surface area (Å²) in [6.07, 6.45) is -0.130. The zero-order valence-electron chi connectivity index (χ0n) is 8.85. The maximum atomic E-state index is 5.39. The van der Waals surface area contributed by atoms with Crippen LogP contribution in [0.5, 0.6) is 0 Å². The molecule has 82 valence electrons. The first-order valence-corrected chi connectivity index (χ1v) is 5.09. The molecule has 4 nitrogen and oxygen atoms in total. The molecule has 1 saturated heterocycles. The van der Waals surface area contributed by atoms with Crippen molar-refractivity contribution in [3.05, 3.63) is 30.3 Å². The fourth-order valence-electron chi connectivity index (χ4n) is 1.56. The third kappa shape index (κ3) is 2.92. The Kier molecular flexibility index (Phi) is 3.55. The van der Waals surface area contributed by atoms with Gasteiger partial charge in [0.1, 0.15) is 0 Å². The molecule has 2 rings (SSSR count). The van der Waals surface area contributed by atoms with Gasteiger partial charge in [0.25, 0.3) is 0 Å². The van der Waals surface area contributed by atoms with Crippen LogP contribution >= 0.6 is 0 Å². The molecule has 1 atom stereocenters. The number of hydrazine groups is 1. The van der Waals surface area contributed by atoms with Gasteiger partial charge in [0.05, 0.1) is 13.2 Å². The lowest BCUT2D eigenvalue weighted by Crippen LogP contribution is -2.46. The molecule has 15 heavy (non-hydrogen) atoms. The zero-order chi connectivity index (χ0) is 10.5. The zero-order valence-corrected chi connectivity index (χ0v) is 8.85. The summed E-state index contributed by atoms with van der Waals surface area (Å²) in [6.45, 7) is 2.30. The van der Waals surface area contributed by atoms with Crippen LogP contribution in [0, 0.1) is 0 Å². The van der Waals surface area contributed by atoms with Crippen LogP contribution in [0.3, 0.4) is 0 Å². The SMILES string of the molecule is COC1CN(Nc2ccccc2)CCO1. The summed E-state index contributed by atoms with van der Waals surface area (Å²) in [5, 5.41) is 2.10. The number of morpholine rings is 1. The highest BCUT2D eigenvalue weighted by Gasteiger charge is 2.19. The third-order valence-electron chi connectivity index (χ3n) is 2.36. The van der Waals surface area contributed by atoms with E-state index in [4.69, 9.17) is 9.47 Å². The minimum absolute atomic E-state index is 0.130. The van der Waals surface area contributed by atoms with Crippen molar-refractivity contribution in [2.75, 3.05) is 32.2 Å². The van der Waals surface area contributed by atoms with E-state index in [1.165, 1.54) is 0 Å². The predicted octanol–water partition coefficient (Wildman–Crippen LogP) is 1.32. The van der Waals surface area contributed by atoms with Crippen molar-refractivity contribution in [3.8, 4) is 0 Å². The maximum Gasteiger partial charge on any atom is 0.171 e. The molecule has 1 fully saturated rings. The standard InChI is InChI=1S/C11H16N2O2/c1-14-11-9-13(7-8-15-11)12-10-5-3-2-4-6-10/h2-6,11-12H,7-9H2,1H3. The molecule has 1 N–H and O–H groups in total. The number of methoxy groups -OCH3 is 1. The Labute approximate surface area is 89.8 Å². The molecule has 0 saturated carbocycles. The Morgan fingerprint density at radius 2 is 2.20 bits per heavy atom. The molecule has 1 aromatic carbocycles. The van der Waals surface area contributed by atoms with E-state index >= 15 is 0 Å². The van der Waals surface area contributed by atoms with Crippen molar-refractivity contribution in [3.63, 3.8) is 0 Å². The van der Waals surface area contributed by atoms with E-state index < -0.39 is 0 Å². The lowest BCUT2D eigenvalue weighted by molar-refractivity contribution is -0.160. The highest BCUT2D eigenvalue weighted by molar-refractivity contribution is 5.41. The summed E-state index contributed by atoms with van der Waals surface area (Å²) < 4.78 is 10.5. The monoisotopic (exact) mass is 208 g/mol. The second-order valence-electron chi connectivity index (χ2n) is 3.46. The number of anilines is 1. The Hall–Kier alpha value is -1.10. The first kappa shape index (κ1) is 10.4. The van der Waals surface area contributed by atoms with Crippen LogP contribution in [0.4, 0.5) is 5.69 Å². The van der Waals surface area contributed by atoms with Crippen LogP contribution in [0.15, 0.2) is 30.3 Å². The molecule has 1 heterocycles. The fourth-order valence-corrected chi connectivity index (χ4v) is 1.56. The van der Waals surface area contributed by atoms with Crippen molar-refractivity contribution in [2.24, 2.45) is 0 Å². The Morgan fingerprint density at radius 3 is 2.93 bits per heavy atom. The quantitative estimate of drug-likeness (QED) is 0.812. The van der Waals surface area contributed by atoms with Gasteiger partial charge in [-0.15, -0.1) is 0 Å². The van der Waals surface area contributed by atoms with Gasteiger partial charge in [0.15, 0.2) is 6.29 Å². The van der Waals surface area contributed by atoms with Gasteiger partial charge >= 0.3 is 0 Å². The molecule has 1 aliphatic heterocycles. The lowest BCUT2D eigenvalue weighted by Gasteiger charge is -2.32. The second-order valence-corrected chi connectivity index (χ2v) is 3.46. The molecule has 0 amide bonds. The van der Waals surface area contributed by atoms with E-state index in [9.17, 15) is 0 Å². The van der Waals surface area contributed by atoms with Gasteiger partial charge in [-0.25, -0.2) is 5.01 Å². The highest BCUT2D eigenvalue weighted by Crippen LogP contribution is 2.10. The summed E-state index contributed by atoms with van der Waals surface area (Å²) in [7, 11) is 1.66. The molecular weight excluding hydrogens is 192 g/mol. The number of nitrogens with zero attached hydrogens (tertiary/aromatic N) is 1. The van der Waals surface area contributed by atoms with Gasteiger partial charge in [-0.3, -0.25) is 0 Å². The van der Waals surface area contributed by atoms with E-state index in [0.29, 0.717) is 6.61 Å². The lowest BCUT2D eigenvalue weighted by atomic mass is 10.3. The summed E-state index contributed by atoms with van der Waals surface area (Å²) in [4.78, 5) is 0. The first-order valence-electron chi connectivity index (χ1n) is 5.09. The average molecular weight is 208 g/mol. The highest BCUT2D eigenvalue weighted by atomic mass is 16.7. The third-order valence-corrected chi connectivity index (χ3v) is 2.36. The predicted molar refractivity (Wildman–Crippen MR) is 58.4 cm³/mol. The number of benzene rings is 1. The average Bonchev–Trinajstić information content (AvgIpc) is 2.31. The van der Waals surface area contributed by atoms with E-state index in [1.54, 1.807) is 7.11 Å². The molecular formula is C11H16N2O2. The largest absolute Gasteiger partial charge is 0.354 e. The van der Waals surface area contributed by atoms with Crippen molar-refractivity contribution in [1.82, 2.24) is 5.01 Å². The van der Waals surface area contributed by atoms with Crippen molar-refractivity contribution in [1.29, 1.82) is 0 Å². The first-order chi connectivity index (χ1) is 7.38. The molecule has 1 unspecified atom stereocenters. The van der Waals surface area contributed by atoms with Gasteiger partial charge in [-0.2, -0.15) is 0 Å². The van der Waals surface area contributed by atoms with Crippen LogP contribution in [-0.4, -0.2) is 38.1 Å². The van der Waals surface area contributed by atoms with Gasteiger partial charge in [-0.1, -0.05) is 18.2 Å². The second kappa shape index (κ2) is 5.11. The maximum absolute atomic E-state index is 5.39. The molecule has 0 radical (unpaired) electrons. The smallest absolute Gasteiger partial charge is 0.171 e. The molecule has 0 aromatic heterocycles. The van der Waals surface area contributed by atoms with Crippen LogP contribution in [0.25, 0.3) is 0 Å². The van der Waals surface area contributed by atoms with Gasteiger partial charge in [0, 0.05) is 19.3 Å². The normalized spacial score (nSPS) is 22.6. The number of ether oxygens (including phenoxy) is 2. The Balaban J connectivity index is 1.89.